The molecule has 1 saturated heterocycles. The Morgan fingerprint density at radius 1 is 1.48 bits per heavy atom. The van der Waals surface area contributed by atoms with Gasteiger partial charge < -0.3 is 14.9 Å². The van der Waals surface area contributed by atoms with Gasteiger partial charge in [0.05, 0.1) is 12.7 Å². The molecule has 0 aliphatic carbocycles. The number of aromatic nitrogens is 2. The van der Waals surface area contributed by atoms with Crippen LogP contribution in [-0.2, 0) is 9.30 Å². The van der Waals surface area contributed by atoms with E-state index in [1.54, 1.807) is 6.92 Å². The van der Waals surface area contributed by atoms with Gasteiger partial charge in [0.1, 0.15) is 12.3 Å². The Morgan fingerprint density at radius 2 is 2.05 bits per heavy atom. The molecule has 1 aliphatic heterocycles. The molecule has 118 valence electrons. The maximum atomic E-state index is 11.6. The van der Waals surface area contributed by atoms with E-state index in [1.165, 1.54) is 10.8 Å². The van der Waals surface area contributed by atoms with Crippen molar-refractivity contribution in [3.63, 3.8) is 0 Å². The van der Waals surface area contributed by atoms with Crippen LogP contribution in [0.25, 0.3) is 0 Å². The Morgan fingerprint density at radius 3 is 2.52 bits per heavy atom. The van der Waals surface area contributed by atoms with Crippen LogP contribution in [0.15, 0.2) is 15.8 Å². The van der Waals surface area contributed by atoms with Crippen LogP contribution < -0.4 is 11.2 Å². The number of hydrogen-bond acceptors (Lipinski definition) is 6. The van der Waals surface area contributed by atoms with Gasteiger partial charge in [0.15, 0.2) is 0 Å². The zero-order chi connectivity index (χ0) is 16.2. The standard InChI is InChI=1S/C10H14N2O5.HO3P/c1-5-3-12(10(16)11-9(5)15)8-2-6(14)7(4-13)17-8;1-4(2)3/h3,6-8,13-14H,2,4H2,1H3,(H,11,15,16);(H-,1,2,3)/p+1/t6-,7+,8+;/m0./s1. The topological polar surface area (TPSA) is 162 Å². The zero-order valence-corrected chi connectivity index (χ0v) is 11.9. The highest BCUT2D eigenvalue weighted by atomic mass is 31.1. The Balaban J connectivity index is 0.000000491. The second-order valence-corrected chi connectivity index (χ2v) is 4.85. The van der Waals surface area contributed by atoms with Crippen molar-refractivity contribution in [2.24, 2.45) is 0 Å². The molecule has 0 aromatic carbocycles. The lowest BCUT2D eigenvalue weighted by molar-refractivity contribution is -0.0459. The molecule has 0 amide bonds. The molecule has 1 aromatic heterocycles. The predicted octanol–water partition coefficient (Wildman–Crippen LogP) is -1.89. The van der Waals surface area contributed by atoms with Crippen molar-refractivity contribution in [1.29, 1.82) is 0 Å². The molecule has 21 heavy (non-hydrogen) atoms. The second kappa shape index (κ2) is 7.55. The summed E-state index contributed by atoms with van der Waals surface area (Å²) in [6, 6.07) is 0. The average Bonchev–Trinajstić information content (AvgIpc) is 2.74. The van der Waals surface area contributed by atoms with Crippen molar-refractivity contribution in [2.75, 3.05) is 6.61 Å². The molecule has 0 spiro atoms. The number of H-pyrrole nitrogens is 1. The number of aryl methyl sites for hydroxylation is 1. The summed E-state index contributed by atoms with van der Waals surface area (Å²) in [6.45, 7) is 1.26. The lowest BCUT2D eigenvalue weighted by atomic mass is 10.2. The lowest BCUT2D eigenvalue weighted by Crippen LogP contribution is -2.33. The van der Waals surface area contributed by atoms with Gasteiger partial charge in [-0.25, -0.2) is 4.79 Å². The van der Waals surface area contributed by atoms with Gasteiger partial charge in [0.25, 0.3) is 5.56 Å². The molecule has 0 bridgehead atoms. The predicted molar refractivity (Wildman–Crippen MR) is 69.7 cm³/mol. The molecule has 10 nitrogen and oxygen atoms in total. The number of rotatable bonds is 2. The van der Waals surface area contributed by atoms with Crippen molar-refractivity contribution in [2.45, 2.75) is 31.8 Å². The van der Waals surface area contributed by atoms with Crippen LogP contribution in [-0.4, -0.2) is 48.4 Å². The lowest BCUT2D eigenvalue weighted by Gasteiger charge is -2.14. The Labute approximate surface area is 119 Å². The first kappa shape index (κ1) is 17.6. The fourth-order valence-corrected chi connectivity index (χ4v) is 1.85. The monoisotopic (exact) mass is 323 g/mol. The van der Waals surface area contributed by atoms with Crippen molar-refractivity contribution < 1.29 is 29.3 Å². The Hall–Kier alpha value is -1.42. The van der Waals surface area contributed by atoms with E-state index in [0.29, 0.717) is 5.56 Å². The van der Waals surface area contributed by atoms with E-state index < -0.39 is 37.9 Å². The summed E-state index contributed by atoms with van der Waals surface area (Å²) >= 11 is 0. The van der Waals surface area contributed by atoms with E-state index in [1.807, 2.05) is 0 Å². The molecule has 1 aliphatic rings. The second-order valence-electron chi connectivity index (χ2n) is 4.35. The van der Waals surface area contributed by atoms with E-state index in [9.17, 15) is 14.7 Å². The zero-order valence-electron chi connectivity index (χ0n) is 11.0. The van der Waals surface area contributed by atoms with Crippen LogP contribution in [0.4, 0.5) is 0 Å². The van der Waals surface area contributed by atoms with E-state index in [4.69, 9.17) is 24.2 Å². The van der Waals surface area contributed by atoms with E-state index in [2.05, 4.69) is 4.98 Å². The highest BCUT2D eigenvalue weighted by Crippen LogP contribution is 2.27. The normalized spacial score (nSPS) is 24.3. The smallest absolute Gasteiger partial charge is 0.394 e. The molecule has 2 heterocycles. The molecule has 2 rings (SSSR count). The average molecular weight is 323 g/mol. The summed E-state index contributed by atoms with van der Waals surface area (Å²) in [5, 5.41) is 18.5. The molecule has 3 atom stereocenters. The molecular weight excluding hydrogens is 307 g/mol. The minimum absolute atomic E-state index is 0.205. The summed E-state index contributed by atoms with van der Waals surface area (Å²) in [4.78, 5) is 39.2. The number of hydrogen-bond donors (Lipinski definition) is 5. The van der Waals surface area contributed by atoms with Crippen molar-refractivity contribution in [3.05, 3.63) is 32.6 Å². The first-order valence-corrected chi connectivity index (χ1v) is 7.04. The third-order valence-electron chi connectivity index (χ3n) is 2.84. The number of aromatic amines is 1. The molecule has 0 radical (unpaired) electrons. The minimum atomic E-state index is -2.87. The van der Waals surface area contributed by atoms with Crippen molar-refractivity contribution >= 4 is 8.25 Å². The van der Waals surface area contributed by atoms with Gasteiger partial charge in [0, 0.05) is 22.7 Å². The third-order valence-corrected chi connectivity index (χ3v) is 2.84. The first-order valence-electron chi connectivity index (χ1n) is 5.87. The highest BCUT2D eigenvalue weighted by molar-refractivity contribution is 7.30. The quantitative estimate of drug-likeness (QED) is 0.395. The summed E-state index contributed by atoms with van der Waals surface area (Å²) in [7, 11) is -2.87. The molecule has 1 fully saturated rings. The number of aliphatic hydroxyl groups is 2. The summed E-state index contributed by atoms with van der Waals surface area (Å²) < 4.78 is 15.2. The van der Waals surface area contributed by atoms with Gasteiger partial charge in [-0.05, 0) is 6.92 Å². The summed E-state index contributed by atoms with van der Waals surface area (Å²) in [6.07, 6.45) is -0.581. The minimum Gasteiger partial charge on any atom is -0.394 e. The maximum Gasteiger partial charge on any atom is 0.692 e. The summed E-state index contributed by atoms with van der Waals surface area (Å²) in [5.74, 6) is 0. The third kappa shape index (κ3) is 4.81. The number of ether oxygens (including phenoxy) is 1. The maximum absolute atomic E-state index is 11.6. The van der Waals surface area contributed by atoms with Crippen LogP contribution in [0.2, 0.25) is 0 Å². The Kier molecular flexibility index (Phi) is 6.34. The van der Waals surface area contributed by atoms with Gasteiger partial charge in [-0.15, -0.1) is 9.79 Å². The highest BCUT2D eigenvalue weighted by Gasteiger charge is 2.34. The van der Waals surface area contributed by atoms with E-state index in [-0.39, 0.29) is 13.0 Å². The number of nitrogens with zero attached hydrogens (tertiary/aromatic N) is 1. The number of nitrogens with one attached hydrogen (secondary N) is 1. The van der Waals surface area contributed by atoms with Gasteiger partial charge in [-0.3, -0.25) is 14.3 Å². The largest absolute Gasteiger partial charge is 0.692 e. The number of aliphatic hydroxyl groups excluding tert-OH is 2. The van der Waals surface area contributed by atoms with Crippen molar-refractivity contribution in [1.82, 2.24) is 9.55 Å². The molecule has 0 unspecified atom stereocenters. The molecule has 0 saturated carbocycles. The fraction of sp³-hybridized carbons (Fsp3) is 0.600. The van der Waals surface area contributed by atoms with Crippen LogP contribution >= 0.6 is 8.25 Å². The van der Waals surface area contributed by atoms with E-state index >= 15 is 0 Å². The van der Waals surface area contributed by atoms with Crippen LogP contribution in [0.5, 0.6) is 0 Å². The molecule has 5 N–H and O–H groups in total. The van der Waals surface area contributed by atoms with Gasteiger partial charge in [-0.1, -0.05) is 0 Å². The molecular formula is C10H16N2O8P+. The molecule has 11 heteroatoms. The Bertz CT molecular complexity index is 608. The van der Waals surface area contributed by atoms with Crippen LogP contribution in [0.1, 0.15) is 18.2 Å². The van der Waals surface area contributed by atoms with Gasteiger partial charge >= 0.3 is 13.9 Å². The SMILES string of the molecule is Cc1cn([C@H]2C[C@H](O)[C@@H](CO)O2)c(=O)[nH]c1=O.O=[P+](O)O. The summed E-state index contributed by atoms with van der Waals surface area (Å²) in [5.41, 5.74) is -0.643. The fourth-order valence-electron chi connectivity index (χ4n) is 1.85. The van der Waals surface area contributed by atoms with Crippen LogP contribution in [0.3, 0.4) is 0 Å². The van der Waals surface area contributed by atoms with Crippen LogP contribution in [0, 0.1) is 6.92 Å². The van der Waals surface area contributed by atoms with E-state index in [0.717, 1.165) is 0 Å². The van der Waals surface area contributed by atoms with Gasteiger partial charge in [-0.2, -0.15) is 0 Å². The first-order chi connectivity index (χ1) is 9.76. The van der Waals surface area contributed by atoms with Gasteiger partial charge in [0.2, 0.25) is 0 Å². The molecule has 1 aromatic rings. The van der Waals surface area contributed by atoms with Crippen molar-refractivity contribution in [3.8, 4) is 0 Å².